The van der Waals surface area contributed by atoms with Gasteiger partial charge in [0.15, 0.2) is 16.7 Å². The van der Waals surface area contributed by atoms with Crippen LogP contribution in [0.4, 0.5) is 5.69 Å². The van der Waals surface area contributed by atoms with Gasteiger partial charge in [-0.05, 0) is 30.9 Å². The van der Waals surface area contributed by atoms with Crippen molar-refractivity contribution in [1.82, 2.24) is 4.90 Å². The molecule has 7 heteroatoms. The third-order valence-corrected chi connectivity index (χ3v) is 7.96. The summed E-state index contributed by atoms with van der Waals surface area (Å²) >= 11 is 1.66. The van der Waals surface area contributed by atoms with Gasteiger partial charge in [-0.1, -0.05) is 73.7 Å². The third-order valence-electron chi connectivity index (χ3n) is 6.94. The Kier molecular flexibility index (Phi) is 6.63. The highest BCUT2D eigenvalue weighted by Crippen LogP contribution is 2.42. The number of methoxy groups -OCH3 is 2. The van der Waals surface area contributed by atoms with E-state index in [1.807, 2.05) is 12.1 Å². The Morgan fingerprint density at radius 1 is 1.03 bits per heavy atom. The molecule has 5 rings (SSSR count). The lowest BCUT2D eigenvalue weighted by Crippen LogP contribution is -2.44. The quantitative estimate of drug-likeness (QED) is 0.520. The molecular formula is C27H31N3O3S. The standard InChI is InChI=1S/C27H31N3O3S/c1-17-8-7-11-19(12-17)16-34-27-28-21-15-24(33-3)23(32-2)14-20(21)25-29-26(31)22(30(25)27)13-18-9-5-4-6-10-18/h7-8,11-12,14-15,18,22H,4-6,9-10,13,16H2,1-3H3/t22-/m0/s1. The van der Waals surface area contributed by atoms with Gasteiger partial charge in [0.05, 0.1) is 19.9 Å². The van der Waals surface area contributed by atoms with E-state index in [9.17, 15) is 4.79 Å². The van der Waals surface area contributed by atoms with Crippen molar-refractivity contribution in [3.8, 4) is 11.5 Å². The van der Waals surface area contributed by atoms with Crippen LogP contribution in [0.3, 0.4) is 0 Å². The maximum atomic E-state index is 13.2. The predicted molar refractivity (Wildman–Crippen MR) is 137 cm³/mol. The number of fused-ring (bicyclic) bond motifs is 3. The number of nitrogens with zero attached hydrogens (tertiary/aromatic N) is 3. The van der Waals surface area contributed by atoms with Crippen molar-refractivity contribution in [3.63, 3.8) is 0 Å². The van der Waals surface area contributed by atoms with Crippen LogP contribution in [-0.4, -0.2) is 42.1 Å². The van der Waals surface area contributed by atoms with E-state index in [0.29, 0.717) is 23.3 Å². The van der Waals surface area contributed by atoms with Gasteiger partial charge in [-0.15, -0.1) is 0 Å². The van der Waals surface area contributed by atoms with Crippen molar-refractivity contribution >= 4 is 34.4 Å². The maximum Gasteiger partial charge on any atom is 0.270 e. The Hall–Kier alpha value is -2.80. The molecule has 34 heavy (non-hydrogen) atoms. The summed E-state index contributed by atoms with van der Waals surface area (Å²) in [6.45, 7) is 2.10. The number of benzene rings is 2. The summed E-state index contributed by atoms with van der Waals surface area (Å²) < 4.78 is 11.0. The maximum absolute atomic E-state index is 13.2. The molecule has 1 atom stereocenters. The van der Waals surface area contributed by atoms with Gasteiger partial charge in [0.1, 0.15) is 11.9 Å². The number of thioether (sulfide) groups is 1. The average molecular weight is 478 g/mol. The SMILES string of the molecule is COc1cc2c(cc1OC)C1=NC(=O)[C@H](CC3CCCCC3)N1C(SCc1cccc(C)c1)=N2. The van der Waals surface area contributed by atoms with Crippen molar-refractivity contribution in [2.75, 3.05) is 14.2 Å². The van der Waals surface area contributed by atoms with E-state index >= 15 is 0 Å². The highest BCUT2D eigenvalue weighted by atomic mass is 32.2. The van der Waals surface area contributed by atoms with E-state index < -0.39 is 0 Å². The summed E-state index contributed by atoms with van der Waals surface area (Å²) in [5.74, 6) is 3.18. The molecule has 0 aromatic heterocycles. The number of hydrogen-bond donors (Lipinski definition) is 0. The number of amidine groups is 2. The summed E-state index contributed by atoms with van der Waals surface area (Å²) in [6, 6.07) is 12.0. The number of carbonyl (C=O) groups is 1. The molecule has 2 aromatic carbocycles. The molecule has 0 unspecified atom stereocenters. The fourth-order valence-electron chi connectivity index (χ4n) is 5.20. The highest BCUT2D eigenvalue weighted by molar-refractivity contribution is 8.13. The highest BCUT2D eigenvalue weighted by Gasteiger charge is 2.43. The fourth-order valence-corrected chi connectivity index (χ4v) is 6.19. The van der Waals surface area contributed by atoms with Gasteiger partial charge in [0.25, 0.3) is 5.91 Å². The molecule has 0 bridgehead atoms. The lowest BCUT2D eigenvalue weighted by atomic mass is 9.84. The zero-order chi connectivity index (χ0) is 23.7. The Morgan fingerprint density at radius 2 is 1.79 bits per heavy atom. The smallest absolute Gasteiger partial charge is 0.270 e. The van der Waals surface area contributed by atoms with Crippen LogP contribution in [0.15, 0.2) is 46.4 Å². The number of hydrogen-bond acceptors (Lipinski definition) is 6. The number of carbonyl (C=O) groups excluding carboxylic acids is 1. The van der Waals surface area contributed by atoms with Crippen LogP contribution in [0.1, 0.15) is 55.2 Å². The lowest BCUT2D eigenvalue weighted by Gasteiger charge is -2.33. The first-order valence-corrected chi connectivity index (χ1v) is 13.0. The van der Waals surface area contributed by atoms with E-state index in [4.69, 9.17) is 14.5 Å². The molecule has 0 N–H and O–H groups in total. The van der Waals surface area contributed by atoms with Gasteiger partial charge in [-0.25, -0.2) is 4.99 Å². The average Bonchev–Trinajstić information content (AvgIpc) is 3.18. The zero-order valence-corrected chi connectivity index (χ0v) is 20.9. The van der Waals surface area contributed by atoms with Crippen molar-refractivity contribution in [2.24, 2.45) is 15.9 Å². The normalized spacial score (nSPS) is 19.9. The molecule has 1 saturated carbocycles. The third kappa shape index (κ3) is 4.45. The molecule has 0 spiro atoms. The van der Waals surface area contributed by atoms with Crippen LogP contribution in [-0.2, 0) is 10.5 Å². The molecule has 2 aromatic rings. The minimum Gasteiger partial charge on any atom is -0.493 e. The summed E-state index contributed by atoms with van der Waals surface area (Å²) in [6.07, 6.45) is 7.02. The molecule has 0 radical (unpaired) electrons. The second kappa shape index (κ2) is 9.82. The molecule has 3 aliphatic rings. The number of ether oxygens (including phenoxy) is 2. The van der Waals surface area contributed by atoms with Crippen molar-refractivity contribution in [1.29, 1.82) is 0 Å². The van der Waals surface area contributed by atoms with E-state index in [0.717, 1.165) is 28.6 Å². The summed E-state index contributed by atoms with van der Waals surface area (Å²) in [7, 11) is 3.23. The van der Waals surface area contributed by atoms with Crippen LogP contribution < -0.4 is 9.47 Å². The van der Waals surface area contributed by atoms with Crippen LogP contribution in [0.25, 0.3) is 0 Å². The largest absolute Gasteiger partial charge is 0.493 e. The molecule has 178 valence electrons. The molecule has 0 saturated heterocycles. The first kappa shape index (κ1) is 23.0. The zero-order valence-electron chi connectivity index (χ0n) is 20.0. The number of aliphatic imine (C=N–C) groups is 2. The first-order chi connectivity index (χ1) is 16.6. The fraction of sp³-hybridized carbons (Fsp3) is 0.444. The predicted octanol–water partition coefficient (Wildman–Crippen LogP) is 5.87. The van der Waals surface area contributed by atoms with Crippen molar-refractivity contribution in [3.05, 3.63) is 53.1 Å². The molecule has 2 heterocycles. The molecule has 2 aliphatic heterocycles. The second-order valence-corrected chi connectivity index (χ2v) is 10.2. The van der Waals surface area contributed by atoms with Gasteiger partial charge in [-0.2, -0.15) is 4.99 Å². The van der Waals surface area contributed by atoms with E-state index in [-0.39, 0.29) is 11.9 Å². The van der Waals surface area contributed by atoms with E-state index in [1.165, 1.54) is 43.2 Å². The topological polar surface area (TPSA) is 63.5 Å². The van der Waals surface area contributed by atoms with E-state index in [2.05, 4.69) is 41.1 Å². The van der Waals surface area contributed by atoms with Gasteiger partial charge in [-0.3, -0.25) is 9.69 Å². The summed E-state index contributed by atoms with van der Waals surface area (Å²) in [4.78, 5) is 24.9. The Morgan fingerprint density at radius 3 is 2.53 bits per heavy atom. The monoisotopic (exact) mass is 477 g/mol. The van der Waals surface area contributed by atoms with Crippen molar-refractivity contribution < 1.29 is 14.3 Å². The Labute approximate surface area is 205 Å². The molecule has 1 aliphatic carbocycles. The molecule has 1 fully saturated rings. The number of rotatable bonds is 6. The van der Waals surface area contributed by atoms with Crippen LogP contribution >= 0.6 is 11.8 Å². The minimum atomic E-state index is -0.289. The molecular weight excluding hydrogens is 446 g/mol. The van der Waals surface area contributed by atoms with Crippen LogP contribution in [0.5, 0.6) is 11.5 Å². The molecule has 1 amide bonds. The van der Waals surface area contributed by atoms with Gasteiger partial charge in [0.2, 0.25) is 0 Å². The Balaban J connectivity index is 1.51. The summed E-state index contributed by atoms with van der Waals surface area (Å²) in [5.41, 5.74) is 4.04. The Bertz CT molecular complexity index is 1150. The second-order valence-electron chi connectivity index (χ2n) is 9.30. The minimum absolute atomic E-state index is 0.0629. The number of amides is 1. The van der Waals surface area contributed by atoms with Crippen molar-refractivity contribution in [2.45, 2.75) is 57.2 Å². The first-order valence-electron chi connectivity index (χ1n) is 12.0. The number of aryl methyl sites for hydroxylation is 1. The van der Waals surface area contributed by atoms with Crippen LogP contribution in [0.2, 0.25) is 0 Å². The van der Waals surface area contributed by atoms with Gasteiger partial charge in [0, 0.05) is 17.4 Å². The van der Waals surface area contributed by atoms with Gasteiger partial charge >= 0.3 is 0 Å². The van der Waals surface area contributed by atoms with Crippen LogP contribution in [0, 0.1) is 12.8 Å². The molecule has 6 nitrogen and oxygen atoms in total. The lowest BCUT2D eigenvalue weighted by molar-refractivity contribution is -0.120. The van der Waals surface area contributed by atoms with E-state index in [1.54, 1.807) is 26.0 Å². The van der Waals surface area contributed by atoms with Gasteiger partial charge < -0.3 is 9.47 Å². The summed E-state index contributed by atoms with van der Waals surface area (Å²) in [5, 5.41) is 0.826.